The maximum absolute atomic E-state index is 12.6. The van der Waals surface area contributed by atoms with Gasteiger partial charge in [-0.15, -0.1) is 0 Å². The number of rotatable bonds is 22. The lowest BCUT2D eigenvalue weighted by Gasteiger charge is -2.46. The van der Waals surface area contributed by atoms with Gasteiger partial charge >= 0.3 is 12.1 Å². The van der Waals surface area contributed by atoms with Crippen LogP contribution in [0.2, 0.25) is 0 Å². The van der Waals surface area contributed by atoms with Gasteiger partial charge in [0.15, 0.2) is 35.7 Å². The molecule has 1 unspecified atom stereocenters. The molecule has 4 heterocycles. The minimum absolute atomic E-state index is 0.0169. The molecule has 2 amide bonds. The monoisotopic (exact) mass is 893 g/mol. The molecule has 13 N–H and O–H groups in total. The molecule has 0 aliphatic carbocycles. The summed E-state index contributed by atoms with van der Waals surface area (Å²) in [5.74, 6) is -0.504. The Morgan fingerprint density at radius 3 is 2.25 bits per heavy atom. The Balaban J connectivity index is 0.938. The summed E-state index contributed by atoms with van der Waals surface area (Å²) in [6, 6.07) is 6.92. The summed E-state index contributed by atoms with van der Waals surface area (Å²) in [5, 5.41) is 64.3. The fourth-order valence-corrected chi connectivity index (χ4v) is 6.66. The third-order valence-electron chi connectivity index (χ3n) is 9.99. The molecule has 3 aromatic rings. The van der Waals surface area contributed by atoms with Gasteiger partial charge in [-0.25, -0.2) is 19.6 Å². The Morgan fingerprint density at radius 2 is 1.54 bits per heavy atom. The molecule has 2 fully saturated rings. The van der Waals surface area contributed by atoms with Crippen LogP contribution in [0.4, 0.5) is 22.2 Å². The summed E-state index contributed by atoms with van der Waals surface area (Å²) in [6.45, 7) is -0.760. The number of aliphatic hydroxyl groups excluding tert-OH is 6. The fraction of sp³-hybridized carbons (Fsp3) is 0.605. The zero-order valence-electron chi connectivity index (χ0n) is 34.4. The predicted octanol–water partition coefficient (Wildman–Crippen LogP) is -3.19. The van der Waals surface area contributed by atoms with Crippen molar-refractivity contribution in [2.45, 2.75) is 93.6 Å². The summed E-state index contributed by atoms with van der Waals surface area (Å²) in [7, 11) is 1.86. The van der Waals surface area contributed by atoms with E-state index in [-0.39, 0.29) is 57.1 Å². The number of nitrogens with zero attached hydrogens (tertiary/aromatic N) is 5. The van der Waals surface area contributed by atoms with Crippen molar-refractivity contribution in [1.82, 2.24) is 25.3 Å². The molecule has 5 rings (SSSR count). The third kappa shape index (κ3) is 13.4. The van der Waals surface area contributed by atoms with Gasteiger partial charge in [-0.05, 0) is 43.5 Å². The highest BCUT2D eigenvalue weighted by Crippen LogP contribution is 2.31. The van der Waals surface area contributed by atoms with Gasteiger partial charge in [0, 0.05) is 25.7 Å². The van der Waals surface area contributed by atoms with Gasteiger partial charge in [0.25, 0.3) is 0 Å². The summed E-state index contributed by atoms with van der Waals surface area (Å²) < 4.78 is 38.0. The molecule has 2 aromatic heterocycles. The molecule has 10 atom stereocenters. The normalized spacial score (nSPS) is 26.0. The maximum Gasteiger partial charge on any atom is 0.404 e. The van der Waals surface area contributed by atoms with Crippen LogP contribution in [-0.2, 0) is 44.5 Å². The first-order chi connectivity index (χ1) is 30.2. The van der Waals surface area contributed by atoms with Crippen LogP contribution in [0.5, 0.6) is 0 Å². The molecule has 63 heavy (non-hydrogen) atoms. The van der Waals surface area contributed by atoms with Crippen molar-refractivity contribution < 1.29 is 78.2 Å². The lowest BCUT2D eigenvalue weighted by molar-refractivity contribution is -0.367. The maximum atomic E-state index is 12.6. The number of hydrogen-bond acceptors (Lipinski definition) is 23. The fourth-order valence-electron chi connectivity index (χ4n) is 6.66. The van der Waals surface area contributed by atoms with Crippen molar-refractivity contribution in [2.75, 3.05) is 69.6 Å². The van der Waals surface area contributed by atoms with Crippen molar-refractivity contribution in [3.05, 3.63) is 41.7 Å². The van der Waals surface area contributed by atoms with E-state index in [2.05, 4.69) is 25.3 Å². The number of unbranched alkanes of at least 4 members (excludes halogenated alkanes) is 2. The Hall–Kier alpha value is -5.19. The van der Waals surface area contributed by atoms with Crippen molar-refractivity contribution in [2.24, 2.45) is 5.73 Å². The molecule has 0 spiro atoms. The largest absolute Gasteiger partial charge is 0.462 e. The standard InChI is InChI=1S/C38H55N9O16/c1-47(16-20-15-43-33-25(44-20)32(39)45-37(40)46-33)21-8-6-19(7-9-21)34(55)58-11-4-2-3-5-24(50)42-10-12-57-13-14-59-36-31(28(53)26(51)22(17-48)61-36)62-35-29(54)30(63-38(41)56)27(52)23(18-49)60-35/h6-9,15,22-23,26-31,35-36,48-49,51-54H,2-5,10-14,16-18H2,1H3,(H2,41,56)(H,42,50)(H4,39,40,43,45,46)/t22-,23+,26+,27+,28-,29-,30-,31-,35+,36?/m0/s1. The number of anilines is 3. The molecule has 25 heteroatoms. The Labute approximate surface area is 360 Å². The summed E-state index contributed by atoms with van der Waals surface area (Å²) in [4.78, 5) is 54.9. The van der Waals surface area contributed by atoms with Gasteiger partial charge in [-0.3, -0.25) is 4.79 Å². The van der Waals surface area contributed by atoms with E-state index in [4.69, 9.17) is 50.4 Å². The number of fused-ring (bicyclic) bond motifs is 1. The number of carbonyl (C=O) groups excluding carboxylic acids is 3. The summed E-state index contributed by atoms with van der Waals surface area (Å²) in [5.41, 5.74) is 19.1. The lowest BCUT2D eigenvalue weighted by atomic mass is 9.97. The highest BCUT2D eigenvalue weighted by Gasteiger charge is 2.52. The number of nitrogen functional groups attached to an aromatic ring is 2. The number of esters is 1. The minimum atomic E-state index is -1.87. The van der Waals surface area contributed by atoms with Crippen LogP contribution in [-0.4, -0.2) is 183 Å². The number of carbonyl (C=O) groups is 3. The van der Waals surface area contributed by atoms with Gasteiger partial charge in [0.1, 0.15) is 42.7 Å². The summed E-state index contributed by atoms with van der Waals surface area (Å²) in [6.07, 6.45) is -13.8. The van der Waals surface area contributed by atoms with E-state index in [0.717, 1.165) is 5.69 Å². The first-order valence-electron chi connectivity index (χ1n) is 20.1. The van der Waals surface area contributed by atoms with Crippen molar-refractivity contribution >= 4 is 46.6 Å². The number of ether oxygens (including phenoxy) is 7. The van der Waals surface area contributed by atoms with Crippen LogP contribution in [0.15, 0.2) is 30.5 Å². The van der Waals surface area contributed by atoms with Crippen LogP contribution >= 0.6 is 0 Å². The average molecular weight is 894 g/mol. The van der Waals surface area contributed by atoms with Gasteiger partial charge in [-0.1, -0.05) is 0 Å². The number of nitrogens with two attached hydrogens (primary N) is 3. The molecule has 0 saturated carbocycles. The molecular formula is C38H55N9O16. The topological polar surface area (TPSA) is 382 Å². The van der Waals surface area contributed by atoms with Gasteiger partial charge in [-0.2, -0.15) is 9.97 Å². The van der Waals surface area contributed by atoms with Crippen molar-refractivity contribution in [1.29, 1.82) is 0 Å². The molecule has 0 bridgehead atoms. The molecule has 2 aliphatic rings. The molecular weight excluding hydrogens is 838 g/mol. The quantitative estimate of drug-likeness (QED) is 0.0351. The van der Waals surface area contributed by atoms with Crippen LogP contribution < -0.4 is 27.4 Å². The third-order valence-corrected chi connectivity index (χ3v) is 9.99. The Bertz CT molecular complexity index is 1950. The number of amides is 2. The van der Waals surface area contributed by atoms with Crippen LogP contribution in [0.1, 0.15) is 41.7 Å². The molecule has 0 radical (unpaired) electrons. The van der Waals surface area contributed by atoms with E-state index in [9.17, 15) is 45.0 Å². The highest BCUT2D eigenvalue weighted by atomic mass is 16.8. The molecule has 25 nitrogen and oxygen atoms in total. The number of primary amides is 1. The van der Waals surface area contributed by atoms with E-state index < -0.39 is 86.7 Å². The molecule has 2 aliphatic heterocycles. The van der Waals surface area contributed by atoms with E-state index >= 15 is 0 Å². The minimum Gasteiger partial charge on any atom is -0.462 e. The van der Waals surface area contributed by atoms with E-state index in [1.165, 1.54) is 0 Å². The number of benzene rings is 1. The Kier molecular flexibility index (Phi) is 18.2. The smallest absolute Gasteiger partial charge is 0.404 e. The molecule has 2 saturated heterocycles. The van der Waals surface area contributed by atoms with Crippen LogP contribution in [0.3, 0.4) is 0 Å². The number of aromatic nitrogens is 4. The lowest BCUT2D eigenvalue weighted by Crippen LogP contribution is -2.65. The molecule has 348 valence electrons. The predicted molar refractivity (Wildman–Crippen MR) is 216 cm³/mol. The van der Waals surface area contributed by atoms with E-state index in [0.29, 0.717) is 48.2 Å². The Morgan fingerprint density at radius 1 is 0.825 bits per heavy atom. The SMILES string of the molecule is CN(Cc1cnc2nc(N)nc(N)c2n1)c1ccc(C(=O)OCCCCCC(=O)NCCOCCOC2O[C@@H](CO)[C@@H](O)[C@H](O)[C@@H]2O[C@H]2O[C@H](CO)[C@@H](O)[C@H](OC(N)=O)[C@@H]2O)cc1. The first kappa shape index (κ1) is 48.8. The van der Waals surface area contributed by atoms with Crippen molar-refractivity contribution in [3.8, 4) is 0 Å². The second kappa shape index (κ2) is 23.5. The van der Waals surface area contributed by atoms with Gasteiger partial charge in [0.05, 0.1) is 63.6 Å². The second-order valence-electron chi connectivity index (χ2n) is 14.6. The van der Waals surface area contributed by atoms with Crippen LogP contribution in [0.25, 0.3) is 11.2 Å². The zero-order chi connectivity index (χ0) is 45.6. The average Bonchev–Trinajstić information content (AvgIpc) is 3.26. The van der Waals surface area contributed by atoms with Gasteiger partial charge < -0.3 is 91.2 Å². The second-order valence-corrected chi connectivity index (χ2v) is 14.6. The first-order valence-corrected chi connectivity index (χ1v) is 20.1. The van der Waals surface area contributed by atoms with Crippen LogP contribution in [0, 0.1) is 0 Å². The number of nitrogens with one attached hydrogen (secondary N) is 1. The van der Waals surface area contributed by atoms with E-state index in [1.807, 2.05) is 11.9 Å². The molecule has 1 aromatic carbocycles. The highest BCUT2D eigenvalue weighted by molar-refractivity contribution is 5.89. The number of hydrogen-bond donors (Lipinski definition) is 10. The van der Waals surface area contributed by atoms with Gasteiger partial charge in [0.2, 0.25) is 11.9 Å². The number of aliphatic hydroxyl groups is 6. The summed E-state index contributed by atoms with van der Waals surface area (Å²) >= 11 is 0. The zero-order valence-corrected chi connectivity index (χ0v) is 34.4. The van der Waals surface area contributed by atoms with E-state index in [1.54, 1.807) is 30.5 Å². The van der Waals surface area contributed by atoms with Crippen molar-refractivity contribution in [3.63, 3.8) is 0 Å².